The van der Waals surface area contributed by atoms with Crippen LogP contribution in [0.5, 0.6) is 0 Å². The molecule has 1 aromatic rings. The molecule has 88 valence electrons. The zero-order chi connectivity index (χ0) is 12.1. The molecule has 3 N–H and O–H groups in total. The van der Waals surface area contributed by atoms with Gasteiger partial charge in [-0.25, -0.2) is 9.97 Å². The topological polar surface area (TPSA) is 75.3 Å². The fourth-order valence-corrected chi connectivity index (χ4v) is 1.26. The van der Waals surface area contributed by atoms with E-state index < -0.39 is 0 Å². The first-order valence-electron chi connectivity index (χ1n) is 5.02. The normalized spacial score (nSPS) is 12.2. The minimum absolute atomic E-state index is 0.257. The molecule has 0 aliphatic heterocycles. The quantitative estimate of drug-likeness (QED) is 0.722. The summed E-state index contributed by atoms with van der Waals surface area (Å²) in [5.74, 6) is 0.561. The van der Waals surface area contributed by atoms with Gasteiger partial charge in [0.05, 0.1) is 6.10 Å². The second kappa shape index (κ2) is 5.72. The number of aliphatic hydroxyl groups is 1. The fraction of sp³-hybridized carbons (Fsp3) is 0.500. The van der Waals surface area contributed by atoms with Gasteiger partial charge in [-0.3, -0.25) is 0 Å². The molecular formula is C10H16N4OS. The lowest BCUT2D eigenvalue weighted by molar-refractivity contribution is 0.186. The van der Waals surface area contributed by atoms with Crippen molar-refractivity contribution in [2.45, 2.75) is 19.4 Å². The number of anilines is 1. The fourth-order valence-electron chi connectivity index (χ4n) is 1.15. The Balaban J connectivity index is 2.71. The first-order valence-corrected chi connectivity index (χ1v) is 5.43. The Labute approximate surface area is 100 Å². The summed E-state index contributed by atoms with van der Waals surface area (Å²) in [4.78, 5) is 10.4. The van der Waals surface area contributed by atoms with Crippen molar-refractivity contribution in [2.75, 3.05) is 18.5 Å². The number of aromatic nitrogens is 2. The summed E-state index contributed by atoms with van der Waals surface area (Å²) < 4.78 is 0. The van der Waals surface area contributed by atoms with E-state index in [-0.39, 0.29) is 11.1 Å². The van der Waals surface area contributed by atoms with E-state index in [9.17, 15) is 5.11 Å². The zero-order valence-electron chi connectivity index (χ0n) is 9.42. The Morgan fingerprint density at radius 3 is 2.94 bits per heavy atom. The van der Waals surface area contributed by atoms with E-state index in [2.05, 4.69) is 9.97 Å². The van der Waals surface area contributed by atoms with E-state index in [0.717, 1.165) is 0 Å². The average Bonchev–Trinajstić information content (AvgIpc) is 2.26. The summed E-state index contributed by atoms with van der Waals surface area (Å²) in [7, 11) is 1.86. The highest BCUT2D eigenvalue weighted by Crippen LogP contribution is 2.06. The van der Waals surface area contributed by atoms with Crippen LogP contribution < -0.4 is 10.6 Å². The van der Waals surface area contributed by atoms with Crippen LogP contribution in [0, 0.1) is 0 Å². The predicted octanol–water partition coefficient (Wildman–Crippen LogP) is 0.318. The molecule has 1 heterocycles. The van der Waals surface area contributed by atoms with Crippen LogP contribution >= 0.6 is 12.2 Å². The van der Waals surface area contributed by atoms with Gasteiger partial charge in [0.2, 0.25) is 5.95 Å². The molecule has 0 radical (unpaired) electrons. The first-order chi connectivity index (χ1) is 7.50. The van der Waals surface area contributed by atoms with E-state index >= 15 is 0 Å². The van der Waals surface area contributed by atoms with Crippen LogP contribution in [-0.4, -0.2) is 39.8 Å². The first kappa shape index (κ1) is 12.8. The molecule has 1 aromatic heterocycles. The monoisotopic (exact) mass is 240 g/mol. The number of nitrogens with two attached hydrogens (primary N) is 1. The third-order valence-electron chi connectivity index (χ3n) is 2.12. The summed E-state index contributed by atoms with van der Waals surface area (Å²) >= 11 is 4.84. The van der Waals surface area contributed by atoms with Crippen LogP contribution in [0.15, 0.2) is 12.3 Å². The maximum Gasteiger partial charge on any atom is 0.225 e. The number of hydrogen-bond acceptors (Lipinski definition) is 5. The number of aliphatic hydroxyl groups excluding tert-OH is 1. The second-order valence-electron chi connectivity index (χ2n) is 3.67. The van der Waals surface area contributed by atoms with Crippen molar-refractivity contribution in [1.82, 2.24) is 9.97 Å². The molecular weight excluding hydrogens is 224 g/mol. The smallest absolute Gasteiger partial charge is 0.225 e. The maximum atomic E-state index is 9.18. The lowest BCUT2D eigenvalue weighted by atomic mass is 10.3. The van der Waals surface area contributed by atoms with Crippen LogP contribution in [0.1, 0.15) is 19.0 Å². The lowest BCUT2D eigenvalue weighted by Gasteiger charge is -2.17. The van der Waals surface area contributed by atoms with Gasteiger partial charge in [0, 0.05) is 19.8 Å². The Morgan fingerprint density at radius 1 is 1.69 bits per heavy atom. The van der Waals surface area contributed by atoms with Crippen LogP contribution in [0.3, 0.4) is 0 Å². The Bertz CT molecular complexity index is 370. The minimum Gasteiger partial charge on any atom is -0.393 e. The number of rotatable bonds is 5. The van der Waals surface area contributed by atoms with Crippen LogP contribution in [0.25, 0.3) is 0 Å². The average molecular weight is 240 g/mol. The van der Waals surface area contributed by atoms with Crippen LogP contribution in [-0.2, 0) is 0 Å². The van der Waals surface area contributed by atoms with Gasteiger partial charge in [0.1, 0.15) is 10.7 Å². The van der Waals surface area contributed by atoms with Gasteiger partial charge in [0.25, 0.3) is 0 Å². The third kappa shape index (κ3) is 3.71. The Morgan fingerprint density at radius 2 is 2.38 bits per heavy atom. The van der Waals surface area contributed by atoms with Gasteiger partial charge < -0.3 is 15.7 Å². The van der Waals surface area contributed by atoms with Crippen molar-refractivity contribution in [2.24, 2.45) is 5.73 Å². The standard InChI is InChI=1S/C10H16N4OS/c1-7(15)4-6-14(2)10-12-5-3-8(13-10)9(11)16/h3,5,7,15H,4,6H2,1-2H3,(H2,11,16). The molecule has 0 fully saturated rings. The molecule has 1 rings (SSSR count). The Kier molecular flexibility index (Phi) is 4.57. The molecule has 16 heavy (non-hydrogen) atoms. The summed E-state index contributed by atoms with van der Waals surface area (Å²) in [5.41, 5.74) is 6.05. The van der Waals surface area contributed by atoms with Crippen molar-refractivity contribution in [3.63, 3.8) is 0 Å². The molecule has 1 unspecified atom stereocenters. The van der Waals surface area contributed by atoms with Crippen LogP contribution in [0.4, 0.5) is 5.95 Å². The largest absolute Gasteiger partial charge is 0.393 e. The maximum absolute atomic E-state index is 9.18. The highest BCUT2D eigenvalue weighted by Gasteiger charge is 2.07. The van der Waals surface area contributed by atoms with Crippen molar-refractivity contribution < 1.29 is 5.11 Å². The molecule has 1 atom stereocenters. The Hall–Kier alpha value is -1.27. The van der Waals surface area contributed by atoms with E-state index in [1.54, 1.807) is 19.2 Å². The number of thiocarbonyl (C=S) groups is 1. The van der Waals surface area contributed by atoms with E-state index in [4.69, 9.17) is 18.0 Å². The third-order valence-corrected chi connectivity index (χ3v) is 2.33. The molecule has 0 spiro atoms. The second-order valence-corrected chi connectivity index (χ2v) is 4.11. The van der Waals surface area contributed by atoms with Gasteiger partial charge in [-0.05, 0) is 19.4 Å². The molecule has 0 aromatic carbocycles. The van der Waals surface area contributed by atoms with Crippen molar-refractivity contribution in [3.8, 4) is 0 Å². The highest BCUT2D eigenvalue weighted by atomic mass is 32.1. The lowest BCUT2D eigenvalue weighted by Crippen LogP contribution is -2.25. The van der Waals surface area contributed by atoms with E-state index in [0.29, 0.717) is 24.6 Å². The van der Waals surface area contributed by atoms with Crippen molar-refractivity contribution in [1.29, 1.82) is 0 Å². The minimum atomic E-state index is -0.332. The number of nitrogens with zero attached hydrogens (tertiary/aromatic N) is 3. The van der Waals surface area contributed by atoms with Crippen molar-refractivity contribution in [3.05, 3.63) is 18.0 Å². The summed E-state index contributed by atoms with van der Waals surface area (Å²) in [5, 5.41) is 9.18. The van der Waals surface area contributed by atoms with E-state index in [1.807, 2.05) is 11.9 Å². The van der Waals surface area contributed by atoms with Gasteiger partial charge >= 0.3 is 0 Å². The highest BCUT2D eigenvalue weighted by molar-refractivity contribution is 7.80. The van der Waals surface area contributed by atoms with Crippen molar-refractivity contribution >= 4 is 23.2 Å². The van der Waals surface area contributed by atoms with E-state index in [1.165, 1.54) is 0 Å². The molecule has 6 heteroatoms. The van der Waals surface area contributed by atoms with Gasteiger partial charge in [-0.1, -0.05) is 12.2 Å². The summed E-state index contributed by atoms with van der Waals surface area (Å²) in [6, 6.07) is 1.67. The predicted molar refractivity (Wildman–Crippen MR) is 67.5 cm³/mol. The molecule has 0 aliphatic rings. The summed E-state index contributed by atoms with van der Waals surface area (Å²) in [6.45, 7) is 2.43. The van der Waals surface area contributed by atoms with Gasteiger partial charge in [-0.2, -0.15) is 0 Å². The van der Waals surface area contributed by atoms with Gasteiger partial charge in [-0.15, -0.1) is 0 Å². The molecule has 0 saturated carbocycles. The SMILES string of the molecule is CC(O)CCN(C)c1nccc(C(N)=S)n1. The number of hydrogen-bond donors (Lipinski definition) is 2. The molecule has 0 saturated heterocycles. The molecule has 0 aliphatic carbocycles. The van der Waals surface area contributed by atoms with Crippen LogP contribution in [0.2, 0.25) is 0 Å². The molecule has 0 amide bonds. The molecule has 0 bridgehead atoms. The summed E-state index contributed by atoms with van der Waals surface area (Å²) in [6.07, 6.45) is 1.95. The zero-order valence-corrected chi connectivity index (χ0v) is 10.2. The molecule has 5 nitrogen and oxygen atoms in total. The van der Waals surface area contributed by atoms with Gasteiger partial charge in [0.15, 0.2) is 0 Å².